The van der Waals surface area contributed by atoms with Crippen molar-refractivity contribution in [1.82, 2.24) is 19.6 Å². The molecule has 2 heterocycles. The van der Waals surface area contributed by atoms with Crippen LogP contribution in [0.15, 0.2) is 67.0 Å². The van der Waals surface area contributed by atoms with E-state index < -0.39 is 0 Å². The van der Waals surface area contributed by atoms with Crippen molar-refractivity contribution in [3.05, 3.63) is 83.1 Å². The van der Waals surface area contributed by atoms with Gasteiger partial charge in [0.2, 0.25) is 11.8 Å². The van der Waals surface area contributed by atoms with Crippen LogP contribution < -0.4 is 4.90 Å². The van der Waals surface area contributed by atoms with Gasteiger partial charge in [-0.1, -0.05) is 41.9 Å². The van der Waals surface area contributed by atoms with Gasteiger partial charge in [0.05, 0.1) is 0 Å². The molecule has 0 radical (unpaired) electrons. The molecule has 7 nitrogen and oxygen atoms in total. The highest BCUT2D eigenvalue weighted by Gasteiger charge is 2.35. The largest absolute Gasteiger partial charge is 0.337 e. The molecule has 5 rings (SSSR count). The van der Waals surface area contributed by atoms with E-state index in [1.54, 1.807) is 10.9 Å². The summed E-state index contributed by atoms with van der Waals surface area (Å²) < 4.78 is 1.67. The van der Waals surface area contributed by atoms with E-state index >= 15 is 0 Å². The minimum atomic E-state index is 0.0277. The molecule has 2 aliphatic rings. The number of rotatable bonds is 5. The lowest BCUT2D eigenvalue weighted by molar-refractivity contribution is -0.132. The van der Waals surface area contributed by atoms with Crippen molar-refractivity contribution in [2.24, 2.45) is 5.92 Å². The minimum absolute atomic E-state index is 0.0277. The first-order valence-corrected chi connectivity index (χ1v) is 13.6. The Morgan fingerprint density at radius 1 is 0.919 bits per heavy atom. The Bertz CT molecular complexity index is 1190. The summed E-state index contributed by atoms with van der Waals surface area (Å²) in [6.07, 6.45) is 7.19. The summed E-state index contributed by atoms with van der Waals surface area (Å²) in [5, 5.41) is 4.96. The molecule has 1 fully saturated rings. The summed E-state index contributed by atoms with van der Waals surface area (Å²) in [6, 6.07) is 17.9. The lowest BCUT2D eigenvalue weighted by atomic mass is 10.1. The number of amides is 2. The van der Waals surface area contributed by atoms with Gasteiger partial charge in [-0.3, -0.25) is 19.2 Å². The number of carbonyl (C=O) groups excluding carboxylic acids is 2. The van der Waals surface area contributed by atoms with Crippen molar-refractivity contribution >= 4 is 29.1 Å². The molecule has 0 N–H and O–H groups in total. The second kappa shape index (κ2) is 11.9. The highest BCUT2D eigenvalue weighted by molar-refractivity contribution is 6.30. The Morgan fingerprint density at radius 2 is 1.68 bits per heavy atom. The Balaban J connectivity index is 1.40. The van der Waals surface area contributed by atoms with Crippen molar-refractivity contribution in [2.75, 3.05) is 31.1 Å². The Kier molecular flexibility index (Phi) is 8.21. The minimum Gasteiger partial charge on any atom is -0.337 e. The number of nitrogens with zero attached hydrogens (tertiary/aromatic N) is 5. The monoisotopic (exact) mass is 519 g/mol. The van der Waals surface area contributed by atoms with Gasteiger partial charge in [-0.2, -0.15) is 5.10 Å². The second-order valence-corrected chi connectivity index (χ2v) is 10.5. The van der Waals surface area contributed by atoms with E-state index in [0.29, 0.717) is 19.6 Å². The van der Waals surface area contributed by atoms with Crippen LogP contribution in [0.25, 0.3) is 0 Å². The average molecular weight is 520 g/mol. The zero-order chi connectivity index (χ0) is 25.6. The molecule has 0 bridgehead atoms. The molecule has 1 aliphatic carbocycles. The molecule has 0 spiro atoms. The van der Waals surface area contributed by atoms with Gasteiger partial charge in [-0.25, -0.2) is 0 Å². The molecule has 0 unspecified atom stereocenters. The molecule has 1 aliphatic heterocycles. The van der Waals surface area contributed by atoms with Crippen LogP contribution in [0.4, 0.5) is 5.69 Å². The van der Waals surface area contributed by atoms with E-state index in [2.05, 4.69) is 28.2 Å². The summed E-state index contributed by atoms with van der Waals surface area (Å²) in [4.78, 5) is 33.1. The molecule has 37 heavy (non-hydrogen) atoms. The van der Waals surface area contributed by atoms with Crippen LogP contribution in [-0.2, 0) is 29.2 Å². The molecule has 8 heteroatoms. The maximum absolute atomic E-state index is 13.4. The van der Waals surface area contributed by atoms with Crippen LogP contribution in [0.3, 0.4) is 0 Å². The van der Waals surface area contributed by atoms with Crippen LogP contribution in [0.5, 0.6) is 0 Å². The Hall–Kier alpha value is -3.16. The topological polar surface area (TPSA) is 61.7 Å². The van der Waals surface area contributed by atoms with Gasteiger partial charge in [0, 0.05) is 68.3 Å². The lowest BCUT2D eigenvalue weighted by Crippen LogP contribution is -2.40. The van der Waals surface area contributed by atoms with E-state index in [1.165, 1.54) is 5.56 Å². The standard InChI is InChI=1S/C29H34ClN5O2/c30-26-12-8-23(9-13-26)20-32-15-4-17-33(28(36)22-34-18-3-14-31-34)21-25-6-1-2-7-27(25)35(19-5-16-32)29(37)24-10-11-24/h1-3,6-9,12-14,18,24H,4-5,10-11,15-17,19-22H2. The van der Waals surface area contributed by atoms with E-state index in [0.717, 1.165) is 61.6 Å². The van der Waals surface area contributed by atoms with E-state index in [1.807, 2.05) is 52.4 Å². The fourth-order valence-electron chi connectivity index (χ4n) is 4.99. The molecule has 0 atom stereocenters. The summed E-state index contributed by atoms with van der Waals surface area (Å²) in [6.45, 7) is 4.54. The van der Waals surface area contributed by atoms with Gasteiger partial charge in [-0.15, -0.1) is 0 Å². The predicted octanol–water partition coefficient (Wildman–Crippen LogP) is 4.60. The van der Waals surface area contributed by atoms with Gasteiger partial charge >= 0.3 is 0 Å². The van der Waals surface area contributed by atoms with E-state index in [9.17, 15) is 9.59 Å². The van der Waals surface area contributed by atoms with Crippen molar-refractivity contribution in [3.63, 3.8) is 0 Å². The maximum Gasteiger partial charge on any atom is 0.244 e. The van der Waals surface area contributed by atoms with Gasteiger partial charge < -0.3 is 9.80 Å². The fraction of sp³-hybridized carbons (Fsp3) is 0.414. The summed E-state index contributed by atoms with van der Waals surface area (Å²) >= 11 is 6.09. The smallest absolute Gasteiger partial charge is 0.244 e. The number of hydrogen-bond donors (Lipinski definition) is 0. The lowest BCUT2D eigenvalue weighted by Gasteiger charge is -2.32. The molecular formula is C29H34ClN5O2. The summed E-state index contributed by atoms with van der Waals surface area (Å²) in [7, 11) is 0. The molecule has 194 valence electrons. The number of halogens is 1. The number of benzene rings is 2. The maximum atomic E-state index is 13.4. The van der Waals surface area contributed by atoms with Crippen molar-refractivity contribution in [1.29, 1.82) is 0 Å². The first-order chi connectivity index (χ1) is 18.1. The van der Waals surface area contributed by atoms with Crippen molar-refractivity contribution in [3.8, 4) is 0 Å². The van der Waals surface area contributed by atoms with Gasteiger partial charge in [0.25, 0.3) is 0 Å². The number of anilines is 1. The van der Waals surface area contributed by atoms with Gasteiger partial charge in [0.15, 0.2) is 0 Å². The zero-order valence-corrected chi connectivity index (χ0v) is 21.9. The highest BCUT2D eigenvalue weighted by Crippen LogP contribution is 2.34. The molecule has 2 aromatic carbocycles. The number of hydrogen-bond acceptors (Lipinski definition) is 4. The van der Waals surface area contributed by atoms with Crippen molar-refractivity contribution in [2.45, 2.75) is 45.3 Å². The third-order valence-corrected chi connectivity index (χ3v) is 7.38. The highest BCUT2D eigenvalue weighted by atomic mass is 35.5. The van der Waals surface area contributed by atoms with Crippen molar-refractivity contribution < 1.29 is 9.59 Å². The van der Waals surface area contributed by atoms with Crippen LogP contribution in [0.1, 0.15) is 36.8 Å². The first-order valence-electron chi connectivity index (χ1n) is 13.2. The van der Waals surface area contributed by atoms with Crippen LogP contribution in [-0.4, -0.2) is 57.6 Å². The number of fused-ring (bicyclic) bond motifs is 1. The van der Waals surface area contributed by atoms with E-state index in [4.69, 9.17) is 11.6 Å². The molecule has 0 saturated heterocycles. The third kappa shape index (κ3) is 6.79. The first kappa shape index (κ1) is 25.5. The third-order valence-electron chi connectivity index (χ3n) is 7.12. The zero-order valence-electron chi connectivity index (χ0n) is 21.1. The molecule has 3 aromatic rings. The summed E-state index contributed by atoms with van der Waals surface area (Å²) in [5.41, 5.74) is 3.16. The van der Waals surface area contributed by atoms with Crippen LogP contribution in [0, 0.1) is 5.92 Å². The van der Waals surface area contributed by atoms with Crippen LogP contribution >= 0.6 is 11.6 Å². The predicted molar refractivity (Wildman–Crippen MR) is 145 cm³/mol. The quantitative estimate of drug-likeness (QED) is 0.494. The molecule has 1 aromatic heterocycles. The van der Waals surface area contributed by atoms with Gasteiger partial charge in [0.1, 0.15) is 6.54 Å². The molecular weight excluding hydrogens is 486 g/mol. The number of aromatic nitrogens is 2. The Morgan fingerprint density at radius 3 is 2.41 bits per heavy atom. The van der Waals surface area contributed by atoms with E-state index in [-0.39, 0.29) is 24.3 Å². The number of para-hydroxylation sites is 1. The normalized spacial score (nSPS) is 17.5. The SMILES string of the molecule is O=C(Cn1cccn1)N1CCCN(Cc2ccc(Cl)cc2)CCCN(C(=O)C2CC2)c2ccccc2C1. The molecule has 2 amide bonds. The average Bonchev–Trinajstić information content (AvgIpc) is 3.63. The second-order valence-electron chi connectivity index (χ2n) is 10.0. The van der Waals surface area contributed by atoms with Gasteiger partial charge in [-0.05, 0) is 61.1 Å². The fourth-order valence-corrected chi connectivity index (χ4v) is 5.12. The van der Waals surface area contributed by atoms with Crippen LogP contribution in [0.2, 0.25) is 5.02 Å². The number of carbonyl (C=O) groups is 2. The summed E-state index contributed by atoms with van der Waals surface area (Å²) in [5.74, 6) is 0.367. The Labute approximate surface area is 223 Å². The molecule has 1 saturated carbocycles.